The summed E-state index contributed by atoms with van der Waals surface area (Å²) in [4.78, 5) is 16.2. The van der Waals surface area contributed by atoms with Crippen LogP contribution in [0, 0.1) is 6.92 Å². The molecule has 1 aromatic rings. The van der Waals surface area contributed by atoms with Gasteiger partial charge >= 0.3 is 0 Å². The van der Waals surface area contributed by atoms with Gasteiger partial charge in [-0.05, 0) is 45.2 Å². The Balaban J connectivity index is 2.20. The van der Waals surface area contributed by atoms with Gasteiger partial charge in [-0.3, -0.25) is 4.79 Å². The lowest BCUT2D eigenvalue weighted by Gasteiger charge is -2.17. The molecule has 1 atom stereocenters. The van der Waals surface area contributed by atoms with Crippen LogP contribution in [0.4, 0.5) is 0 Å². The van der Waals surface area contributed by atoms with Crippen LogP contribution >= 0.6 is 11.3 Å². The van der Waals surface area contributed by atoms with E-state index in [-0.39, 0.29) is 12.0 Å². The van der Waals surface area contributed by atoms with Gasteiger partial charge in [0, 0.05) is 29.8 Å². The van der Waals surface area contributed by atoms with E-state index in [1.807, 2.05) is 0 Å². The Labute approximate surface area is 113 Å². The normalized spacial score (nSPS) is 12.4. The lowest BCUT2D eigenvalue weighted by atomic mass is 10.2. The number of amides is 1. The van der Waals surface area contributed by atoms with Gasteiger partial charge in [0.15, 0.2) is 0 Å². The highest BCUT2D eigenvalue weighted by Gasteiger charge is 2.09. The van der Waals surface area contributed by atoms with Crippen LogP contribution in [0.5, 0.6) is 0 Å². The fraction of sp³-hybridized carbons (Fsp3) is 0.643. The molecule has 0 saturated heterocycles. The first-order valence-electron chi connectivity index (χ1n) is 6.46. The quantitative estimate of drug-likeness (QED) is 0.826. The number of aliphatic hydroxyl groups excluding tert-OH is 1. The van der Waals surface area contributed by atoms with Crippen LogP contribution in [0.15, 0.2) is 12.1 Å². The number of hydrogen-bond donors (Lipinski definition) is 1. The summed E-state index contributed by atoms with van der Waals surface area (Å²) in [6, 6.07) is 4.26. The van der Waals surface area contributed by atoms with Crippen molar-refractivity contribution in [1.82, 2.24) is 4.90 Å². The van der Waals surface area contributed by atoms with Crippen LogP contribution < -0.4 is 0 Å². The summed E-state index contributed by atoms with van der Waals surface area (Å²) in [5.74, 6) is 0.170. The molecule has 1 unspecified atom stereocenters. The highest BCUT2D eigenvalue weighted by atomic mass is 32.1. The minimum absolute atomic E-state index is 0.170. The molecule has 102 valence electrons. The lowest BCUT2D eigenvalue weighted by molar-refractivity contribution is -0.130. The molecule has 0 aliphatic carbocycles. The molecule has 0 radical (unpaired) electrons. The third kappa shape index (κ3) is 5.65. The van der Waals surface area contributed by atoms with E-state index >= 15 is 0 Å². The molecule has 1 rings (SSSR count). The summed E-state index contributed by atoms with van der Waals surface area (Å²) in [6.07, 6.45) is 2.78. The maximum atomic E-state index is 11.8. The second-order valence-electron chi connectivity index (χ2n) is 4.82. The molecule has 18 heavy (non-hydrogen) atoms. The Bertz CT molecular complexity index is 374. The summed E-state index contributed by atoms with van der Waals surface area (Å²) in [7, 11) is 1.81. The van der Waals surface area contributed by atoms with Crippen LogP contribution in [-0.2, 0) is 11.2 Å². The minimum atomic E-state index is -0.339. The smallest absolute Gasteiger partial charge is 0.222 e. The van der Waals surface area contributed by atoms with Crippen molar-refractivity contribution < 1.29 is 9.90 Å². The maximum absolute atomic E-state index is 11.8. The Kier molecular flexibility index (Phi) is 6.36. The Morgan fingerprint density at radius 2 is 2.22 bits per heavy atom. The van der Waals surface area contributed by atoms with Crippen molar-refractivity contribution in [3.63, 3.8) is 0 Å². The average molecular weight is 269 g/mol. The van der Waals surface area contributed by atoms with Crippen LogP contribution in [0.25, 0.3) is 0 Å². The molecule has 0 saturated carbocycles. The SMILES string of the molecule is Cc1ccc(CCCC(=O)N(C)CCC(C)O)s1. The van der Waals surface area contributed by atoms with E-state index in [0.717, 1.165) is 12.8 Å². The maximum Gasteiger partial charge on any atom is 0.222 e. The van der Waals surface area contributed by atoms with Crippen molar-refractivity contribution in [2.45, 2.75) is 45.6 Å². The molecule has 0 aromatic carbocycles. The molecule has 3 nitrogen and oxygen atoms in total. The van der Waals surface area contributed by atoms with Gasteiger partial charge in [-0.15, -0.1) is 11.3 Å². The van der Waals surface area contributed by atoms with Gasteiger partial charge in [0.25, 0.3) is 0 Å². The minimum Gasteiger partial charge on any atom is -0.393 e. The predicted molar refractivity (Wildman–Crippen MR) is 75.9 cm³/mol. The predicted octanol–water partition coefficient (Wildman–Crippen LogP) is 2.61. The van der Waals surface area contributed by atoms with Gasteiger partial charge < -0.3 is 10.0 Å². The topological polar surface area (TPSA) is 40.5 Å². The van der Waals surface area contributed by atoms with E-state index in [1.165, 1.54) is 9.75 Å². The first-order valence-corrected chi connectivity index (χ1v) is 7.28. The van der Waals surface area contributed by atoms with E-state index in [9.17, 15) is 9.90 Å². The number of thiophene rings is 1. The number of carbonyl (C=O) groups excluding carboxylic acids is 1. The zero-order valence-electron chi connectivity index (χ0n) is 11.5. The average Bonchev–Trinajstić information content (AvgIpc) is 2.71. The third-order valence-corrected chi connectivity index (χ3v) is 3.98. The first-order chi connectivity index (χ1) is 8.49. The Morgan fingerprint density at radius 3 is 2.78 bits per heavy atom. The van der Waals surface area contributed by atoms with Gasteiger partial charge in [-0.25, -0.2) is 0 Å². The molecule has 1 N–H and O–H groups in total. The van der Waals surface area contributed by atoms with E-state index in [2.05, 4.69) is 19.1 Å². The Hall–Kier alpha value is -0.870. The number of nitrogens with zero attached hydrogens (tertiary/aromatic N) is 1. The number of aryl methyl sites for hydroxylation is 2. The highest BCUT2D eigenvalue weighted by molar-refractivity contribution is 7.11. The highest BCUT2D eigenvalue weighted by Crippen LogP contribution is 2.17. The van der Waals surface area contributed by atoms with Gasteiger partial charge in [0.05, 0.1) is 6.10 Å². The summed E-state index contributed by atoms with van der Waals surface area (Å²) in [6.45, 7) is 4.48. The van der Waals surface area contributed by atoms with Crippen LogP contribution in [0.3, 0.4) is 0 Å². The number of carbonyl (C=O) groups is 1. The molecule has 1 amide bonds. The third-order valence-electron chi connectivity index (χ3n) is 2.92. The van der Waals surface area contributed by atoms with Crippen molar-refractivity contribution in [1.29, 1.82) is 0 Å². The van der Waals surface area contributed by atoms with Crippen molar-refractivity contribution in [2.24, 2.45) is 0 Å². The largest absolute Gasteiger partial charge is 0.393 e. The second-order valence-corrected chi connectivity index (χ2v) is 6.19. The van der Waals surface area contributed by atoms with Gasteiger partial charge in [0.1, 0.15) is 0 Å². The summed E-state index contributed by atoms with van der Waals surface area (Å²) in [5.41, 5.74) is 0. The summed E-state index contributed by atoms with van der Waals surface area (Å²) >= 11 is 1.80. The van der Waals surface area contributed by atoms with Crippen molar-refractivity contribution in [2.75, 3.05) is 13.6 Å². The monoisotopic (exact) mass is 269 g/mol. The lowest BCUT2D eigenvalue weighted by Crippen LogP contribution is -2.29. The first kappa shape index (κ1) is 15.2. The van der Waals surface area contributed by atoms with E-state index < -0.39 is 0 Å². The van der Waals surface area contributed by atoms with Crippen molar-refractivity contribution in [3.05, 3.63) is 21.9 Å². The van der Waals surface area contributed by atoms with E-state index in [0.29, 0.717) is 19.4 Å². The van der Waals surface area contributed by atoms with Gasteiger partial charge in [-0.1, -0.05) is 0 Å². The summed E-state index contributed by atoms with van der Waals surface area (Å²) < 4.78 is 0. The fourth-order valence-electron chi connectivity index (χ4n) is 1.73. The molecule has 1 aromatic heterocycles. The standard InChI is InChI=1S/C14H23NO2S/c1-11(16)9-10-15(3)14(17)6-4-5-13-8-7-12(2)18-13/h7-8,11,16H,4-6,9-10H2,1-3H3. The van der Waals surface area contributed by atoms with Crippen LogP contribution in [-0.4, -0.2) is 35.6 Å². The van der Waals surface area contributed by atoms with E-state index in [4.69, 9.17) is 0 Å². The van der Waals surface area contributed by atoms with Crippen molar-refractivity contribution in [3.8, 4) is 0 Å². The molecule has 0 aliphatic heterocycles. The zero-order chi connectivity index (χ0) is 13.5. The van der Waals surface area contributed by atoms with Crippen molar-refractivity contribution >= 4 is 17.2 Å². The van der Waals surface area contributed by atoms with Crippen LogP contribution in [0.1, 0.15) is 35.9 Å². The molecule has 0 fully saturated rings. The number of aliphatic hydroxyl groups is 1. The second kappa shape index (κ2) is 7.54. The molecule has 0 bridgehead atoms. The van der Waals surface area contributed by atoms with E-state index in [1.54, 1.807) is 30.2 Å². The molecule has 0 aliphatic rings. The number of hydrogen-bond acceptors (Lipinski definition) is 3. The molecule has 0 spiro atoms. The van der Waals surface area contributed by atoms with Crippen LogP contribution in [0.2, 0.25) is 0 Å². The molecular weight excluding hydrogens is 246 g/mol. The fourth-order valence-corrected chi connectivity index (χ4v) is 2.66. The molecule has 4 heteroatoms. The molecule has 1 heterocycles. The van der Waals surface area contributed by atoms with Gasteiger partial charge in [-0.2, -0.15) is 0 Å². The van der Waals surface area contributed by atoms with Gasteiger partial charge in [0.2, 0.25) is 5.91 Å². The number of rotatable bonds is 7. The molecular formula is C14H23NO2S. The summed E-state index contributed by atoms with van der Waals surface area (Å²) in [5, 5.41) is 9.17. The zero-order valence-corrected chi connectivity index (χ0v) is 12.3. The Morgan fingerprint density at radius 1 is 1.50 bits per heavy atom.